The maximum atomic E-state index is 13.2. The van der Waals surface area contributed by atoms with E-state index in [-0.39, 0.29) is 23.5 Å². The van der Waals surface area contributed by atoms with Gasteiger partial charge in [-0.2, -0.15) is 0 Å². The van der Waals surface area contributed by atoms with Crippen LogP contribution < -0.4 is 19.3 Å². The van der Waals surface area contributed by atoms with Gasteiger partial charge >= 0.3 is 0 Å². The number of anilines is 3. The molecular weight excluding hydrogens is 448 g/mol. The number of ether oxygens (including phenoxy) is 1. The van der Waals surface area contributed by atoms with Gasteiger partial charge in [-0.1, -0.05) is 6.92 Å². The summed E-state index contributed by atoms with van der Waals surface area (Å²) in [5.74, 6) is -0.447. The maximum Gasteiger partial charge on any atom is 0.271 e. The van der Waals surface area contributed by atoms with Gasteiger partial charge in [0.05, 0.1) is 18.3 Å². The number of benzene rings is 2. The SMILES string of the molecule is CCC(C(=O)Nc1ccc(N2CCCC2)cc1)N(c1cc([N+](=O)[O-])ccc1OC)S(C)(=O)=O. The van der Waals surface area contributed by atoms with Gasteiger partial charge in [-0.15, -0.1) is 0 Å². The Bertz CT molecular complexity index is 1110. The van der Waals surface area contributed by atoms with Gasteiger partial charge in [0.15, 0.2) is 0 Å². The third-order valence-corrected chi connectivity index (χ3v) is 6.71. The predicted molar refractivity (Wildman–Crippen MR) is 128 cm³/mol. The Hall–Kier alpha value is -3.34. The normalized spacial score (nSPS) is 14.6. The number of nitro benzene ring substituents is 1. The van der Waals surface area contributed by atoms with Gasteiger partial charge in [0.25, 0.3) is 5.69 Å². The predicted octanol–water partition coefficient (Wildman–Crippen LogP) is 3.39. The molecule has 10 nitrogen and oxygen atoms in total. The number of carbonyl (C=O) groups excluding carboxylic acids is 1. The summed E-state index contributed by atoms with van der Waals surface area (Å²) >= 11 is 0. The molecule has 1 heterocycles. The smallest absolute Gasteiger partial charge is 0.271 e. The Morgan fingerprint density at radius 1 is 1.21 bits per heavy atom. The molecule has 178 valence electrons. The zero-order valence-corrected chi connectivity index (χ0v) is 19.7. The van der Waals surface area contributed by atoms with Crippen LogP contribution in [-0.4, -0.2) is 51.7 Å². The molecule has 1 fully saturated rings. The summed E-state index contributed by atoms with van der Waals surface area (Å²) in [4.78, 5) is 26.1. The maximum absolute atomic E-state index is 13.2. The van der Waals surface area contributed by atoms with Crippen molar-refractivity contribution in [2.45, 2.75) is 32.2 Å². The average molecular weight is 477 g/mol. The average Bonchev–Trinajstić information content (AvgIpc) is 3.31. The van der Waals surface area contributed by atoms with Crippen molar-refractivity contribution in [3.8, 4) is 5.75 Å². The van der Waals surface area contributed by atoms with Gasteiger partial charge in [-0.05, 0) is 49.6 Å². The first kappa shape index (κ1) is 24.3. The summed E-state index contributed by atoms with van der Waals surface area (Å²) in [6, 6.07) is 9.86. The van der Waals surface area contributed by atoms with Crippen molar-refractivity contribution >= 4 is 38.7 Å². The zero-order chi connectivity index (χ0) is 24.2. The monoisotopic (exact) mass is 476 g/mol. The van der Waals surface area contributed by atoms with Crippen molar-refractivity contribution in [2.24, 2.45) is 0 Å². The van der Waals surface area contributed by atoms with E-state index in [4.69, 9.17) is 4.74 Å². The van der Waals surface area contributed by atoms with E-state index in [9.17, 15) is 23.3 Å². The lowest BCUT2D eigenvalue weighted by Gasteiger charge is -2.31. The molecule has 0 bridgehead atoms. The lowest BCUT2D eigenvalue weighted by Crippen LogP contribution is -2.47. The third kappa shape index (κ3) is 5.54. The fraction of sp³-hybridized carbons (Fsp3) is 0.409. The molecule has 1 N–H and O–H groups in total. The minimum absolute atomic E-state index is 0.0689. The van der Waals surface area contributed by atoms with E-state index in [0.29, 0.717) is 5.69 Å². The molecule has 1 aliphatic rings. The van der Waals surface area contributed by atoms with E-state index in [1.165, 1.54) is 19.2 Å². The van der Waals surface area contributed by atoms with Gasteiger partial charge in [0.2, 0.25) is 15.9 Å². The van der Waals surface area contributed by atoms with Crippen LogP contribution in [0.15, 0.2) is 42.5 Å². The summed E-state index contributed by atoms with van der Waals surface area (Å²) in [5, 5.41) is 14.0. The van der Waals surface area contributed by atoms with E-state index in [1.807, 2.05) is 12.1 Å². The molecule has 3 rings (SSSR count). The van der Waals surface area contributed by atoms with E-state index < -0.39 is 26.9 Å². The lowest BCUT2D eigenvalue weighted by atomic mass is 10.1. The number of non-ortho nitro benzene ring substituents is 1. The minimum Gasteiger partial charge on any atom is -0.495 e. The molecule has 1 unspecified atom stereocenters. The summed E-state index contributed by atoms with van der Waals surface area (Å²) in [6.45, 7) is 3.67. The molecule has 0 radical (unpaired) electrons. The van der Waals surface area contributed by atoms with Crippen LogP contribution in [0.3, 0.4) is 0 Å². The molecule has 0 aromatic heterocycles. The Balaban J connectivity index is 1.91. The molecule has 0 aliphatic carbocycles. The topological polar surface area (TPSA) is 122 Å². The van der Waals surface area contributed by atoms with Crippen LogP contribution in [-0.2, 0) is 14.8 Å². The molecule has 33 heavy (non-hydrogen) atoms. The second kappa shape index (κ2) is 10.1. The third-order valence-electron chi connectivity index (χ3n) is 5.55. The lowest BCUT2D eigenvalue weighted by molar-refractivity contribution is -0.384. The quantitative estimate of drug-likeness (QED) is 0.435. The van der Waals surface area contributed by atoms with E-state index in [0.717, 1.165) is 48.2 Å². The zero-order valence-electron chi connectivity index (χ0n) is 18.9. The summed E-state index contributed by atoms with van der Waals surface area (Å²) in [6.07, 6.45) is 3.39. The molecule has 0 spiro atoms. The number of methoxy groups -OCH3 is 1. The standard InChI is InChI=1S/C22H28N4O6S/c1-4-19(22(27)23-16-7-9-17(10-8-16)24-13-5-6-14-24)25(33(3,30)31)20-15-18(26(28)29)11-12-21(20)32-2/h7-12,15,19H,4-6,13-14H2,1-3H3,(H,23,27). The number of rotatable bonds is 9. The van der Waals surface area contributed by atoms with Gasteiger partial charge in [-0.3, -0.25) is 19.2 Å². The molecule has 0 saturated carbocycles. The number of sulfonamides is 1. The number of nitrogens with one attached hydrogen (secondary N) is 1. The van der Waals surface area contributed by atoms with Crippen molar-refractivity contribution in [1.29, 1.82) is 0 Å². The van der Waals surface area contributed by atoms with Crippen molar-refractivity contribution in [2.75, 3.05) is 41.0 Å². The van der Waals surface area contributed by atoms with Crippen molar-refractivity contribution < 1.29 is 22.9 Å². The molecule has 1 aliphatic heterocycles. The van der Waals surface area contributed by atoms with Crippen LogP contribution in [0.5, 0.6) is 5.75 Å². The largest absolute Gasteiger partial charge is 0.495 e. The molecule has 1 amide bonds. The molecule has 11 heteroatoms. The Kier molecular flexibility index (Phi) is 7.42. The summed E-state index contributed by atoms with van der Waals surface area (Å²) < 4.78 is 31.6. The first-order valence-electron chi connectivity index (χ1n) is 10.6. The highest BCUT2D eigenvalue weighted by molar-refractivity contribution is 7.92. The first-order chi connectivity index (χ1) is 15.7. The fourth-order valence-electron chi connectivity index (χ4n) is 3.96. The molecule has 1 atom stereocenters. The molecule has 2 aromatic rings. The van der Waals surface area contributed by atoms with Gasteiger partial charge in [0, 0.05) is 36.6 Å². The minimum atomic E-state index is -4.00. The Morgan fingerprint density at radius 3 is 2.36 bits per heavy atom. The number of carbonyl (C=O) groups is 1. The van der Waals surface area contributed by atoms with Crippen molar-refractivity contribution in [3.05, 3.63) is 52.6 Å². The van der Waals surface area contributed by atoms with Crippen LogP contribution in [0.2, 0.25) is 0 Å². The Morgan fingerprint density at radius 2 is 1.85 bits per heavy atom. The highest BCUT2D eigenvalue weighted by atomic mass is 32.2. The van der Waals surface area contributed by atoms with Gasteiger partial charge in [0.1, 0.15) is 17.5 Å². The highest BCUT2D eigenvalue weighted by Gasteiger charge is 2.34. The van der Waals surface area contributed by atoms with Crippen molar-refractivity contribution in [3.63, 3.8) is 0 Å². The summed E-state index contributed by atoms with van der Waals surface area (Å²) in [7, 11) is -2.67. The fourth-order valence-corrected chi connectivity index (χ4v) is 5.16. The van der Waals surface area contributed by atoms with Crippen LogP contribution in [0.4, 0.5) is 22.7 Å². The van der Waals surface area contributed by atoms with Crippen LogP contribution >= 0.6 is 0 Å². The number of hydrogen-bond donors (Lipinski definition) is 1. The Labute approximate surface area is 193 Å². The number of nitro groups is 1. The number of hydrogen-bond acceptors (Lipinski definition) is 7. The highest BCUT2D eigenvalue weighted by Crippen LogP contribution is 2.36. The second-order valence-electron chi connectivity index (χ2n) is 7.83. The van der Waals surface area contributed by atoms with Gasteiger partial charge < -0.3 is 15.0 Å². The van der Waals surface area contributed by atoms with Gasteiger partial charge in [-0.25, -0.2) is 8.42 Å². The van der Waals surface area contributed by atoms with E-state index in [2.05, 4.69) is 10.2 Å². The van der Waals surface area contributed by atoms with E-state index in [1.54, 1.807) is 19.1 Å². The molecular formula is C22H28N4O6S. The van der Waals surface area contributed by atoms with Crippen LogP contribution in [0, 0.1) is 10.1 Å². The summed E-state index contributed by atoms with van der Waals surface area (Å²) in [5.41, 5.74) is 1.21. The first-order valence-corrected chi connectivity index (χ1v) is 12.5. The second-order valence-corrected chi connectivity index (χ2v) is 9.69. The number of amides is 1. The van der Waals surface area contributed by atoms with E-state index >= 15 is 0 Å². The molecule has 1 saturated heterocycles. The molecule has 2 aromatic carbocycles. The number of nitrogens with zero attached hydrogens (tertiary/aromatic N) is 3. The van der Waals surface area contributed by atoms with Crippen molar-refractivity contribution in [1.82, 2.24) is 0 Å². The van der Waals surface area contributed by atoms with Crippen LogP contribution in [0.1, 0.15) is 26.2 Å². The van der Waals surface area contributed by atoms with Crippen LogP contribution in [0.25, 0.3) is 0 Å².